The molecular weight excluding hydrogens is 256 g/mol. The molecule has 0 saturated carbocycles. The van der Waals surface area contributed by atoms with Crippen LogP contribution in [0.4, 0.5) is 8.78 Å². The van der Waals surface area contributed by atoms with Gasteiger partial charge in [0.25, 0.3) is 5.92 Å². The molecular formula is C13H17F2NO3. The summed E-state index contributed by atoms with van der Waals surface area (Å²) in [5.41, 5.74) is 1.48. The standard InChI is InChI=1S/C13H17F2NO3/c1-19-12(18)6-10-4-2-3-5-11(10)7-16-8-13(14,15)9-17/h2-5,16-17H,6-9H2,1H3. The molecule has 0 atom stereocenters. The summed E-state index contributed by atoms with van der Waals surface area (Å²) in [4.78, 5) is 11.2. The Labute approximate surface area is 110 Å². The van der Waals surface area contributed by atoms with Crippen LogP contribution >= 0.6 is 0 Å². The Morgan fingerprint density at radius 2 is 2.00 bits per heavy atom. The average molecular weight is 273 g/mol. The van der Waals surface area contributed by atoms with Crippen molar-refractivity contribution >= 4 is 5.97 Å². The van der Waals surface area contributed by atoms with Gasteiger partial charge in [-0.15, -0.1) is 0 Å². The molecule has 0 bridgehead atoms. The van der Waals surface area contributed by atoms with Crippen LogP contribution in [-0.2, 0) is 22.5 Å². The number of carbonyl (C=O) groups is 1. The SMILES string of the molecule is COC(=O)Cc1ccccc1CNCC(F)(F)CO. The van der Waals surface area contributed by atoms with Crippen molar-refractivity contribution in [3.63, 3.8) is 0 Å². The normalized spacial score (nSPS) is 11.4. The van der Waals surface area contributed by atoms with Crippen molar-refractivity contribution in [1.82, 2.24) is 5.32 Å². The first kappa shape index (κ1) is 15.5. The summed E-state index contributed by atoms with van der Waals surface area (Å²) in [6, 6.07) is 7.03. The van der Waals surface area contributed by atoms with Crippen molar-refractivity contribution < 1.29 is 23.4 Å². The van der Waals surface area contributed by atoms with Gasteiger partial charge in [0.1, 0.15) is 6.61 Å². The Balaban J connectivity index is 2.60. The molecule has 19 heavy (non-hydrogen) atoms. The highest BCUT2D eigenvalue weighted by molar-refractivity contribution is 5.72. The highest BCUT2D eigenvalue weighted by atomic mass is 19.3. The lowest BCUT2D eigenvalue weighted by atomic mass is 10.0. The minimum atomic E-state index is -3.14. The van der Waals surface area contributed by atoms with Crippen LogP contribution in [0.2, 0.25) is 0 Å². The third kappa shape index (κ3) is 5.32. The summed E-state index contributed by atoms with van der Waals surface area (Å²) < 4.78 is 30.2. The van der Waals surface area contributed by atoms with E-state index in [9.17, 15) is 13.6 Å². The van der Waals surface area contributed by atoms with E-state index in [0.717, 1.165) is 11.1 Å². The van der Waals surface area contributed by atoms with Gasteiger partial charge in [-0.05, 0) is 11.1 Å². The van der Waals surface area contributed by atoms with E-state index in [-0.39, 0.29) is 18.9 Å². The van der Waals surface area contributed by atoms with E-state index in [1.54, 1.807) is 24.3 Å². The zero-order chi connectivity index (χ0) is 14.3. The second-order valence-electron chi connectivity index (χ2n) is 4.14. The molecule has 0 fully saturated rings. The number of halogens is 2. The van der Waals surface area contributed by atoms with Crippen LogP contribution < -0.4 is 5.32 Å². The predicted molar refractivity (Wildman–Crippen MR) is 65.9 cm³/mol. The average Bonchev–Trinajstić information content (AvgIpc) is 2.40. The summed E-state index contributed by atoms with van der Waals surface area (Å²) in [5.74, 6) is -3.52. The fraction of sp³-hybridized carbons (Fsp3) is 0.462. The van der Waals surface area contributed by atoms with E-state index in [4.69, 9.17) is 5.11 Å². The first-order valence-corrected chi connectivity index (χ1v) is 5.81. The fourth-order valence-electron chi connectivity index (χ4n) is 1.57. The molecule has 0 heterocycles. The lowest BCUT2D eigenvalue weighted by Crippen LogP contribution is -2.35. The summed E-state index contributed by atoms with van der Waals surface area (Å²) in [7, 11) is 1.30. The second kappa shape index (κ2) is 7.16. The van der Waals surface area contributed by atoms with Crippen molar-refractivity contribution in [2.45, 2.75) is 18.9 Å². The van der Waals surface area contributed by atoms with Gasteiger partial charge in [0.15, 0.2) is 0 Å². The lowest BCUT2D eigenvalue weighted by molar-refractivity contribution is -0.139. The quantitative estimate of drug-likeness (QED) is 0.731. The molecule has 0 aliphatic heterocycles. The van der Waals surface area contributed by atoms with Crippen molar-refractivity contribution in [2.24, 2.45) is 0 Å². The van der Waals surface area contributed by atoms with E-state index < -0.39 is 19.1 Å². The number of carbonyl (C=O) groups excluding carboxylic acids is 1. The number of aliphatic hydroxyl groups is 1. The number of nitrogens with one attached hydrogen (secondary N) is 1. The first-order valence-electron chi connectivity index (χ1n) is 5.81. The van der Waals surface area contributed by atoms with Gasteiger partial charge in [-0.1, -0.05) is 24.3 Å². The molecule has 0 spiro atoms. The van der Waals surface area contributed by atoms with Gasteiger partial charge < -0.3 is 15.2 Å². The van der Waals surface area contributed by atoms with Crippen molar-refractivity contribution in [1.29, 1.82) is 0 Å². The minimum absolute atomic E-state index is 0.102. The zero-order valence-electron chi connectivity index (χ0n) is 10.7. The predicted octanol–water partition coefficient (Wildman–Crippen LogP) is 1.12. The maximum atomic E-state index is 12.8. The van der Waals surface area contributed by atoms with Crippen LogP contribution in [0.25, 0.3) is 0 Å². The van der Waals surface area contributed by atoms with Crippen LogP contribution in [0.5, 0.6) is 0 Å². The minimum Gasteiger partial charge on any atom is -0.469 e. The van der Waals surface area contributed by atoms with Gasteiger partial charge in [-0.25, -0.2) is 8.78 Å². The maximum absolute atomic E-state index is 12.8. The van der Waals surface area contributed by atoms with E-state index >= 15 is 0 Å². The van der Waals surface area contributed by atoms with Gasteiger partial charge >= 0.3 is 5.97 Å². The molecule has 0 amide bonds. The number of aliphatic hydroxyl groups excluding tert-OH is 1. The smallest absolute Gasteiger partial charge is 0.309 e. The molecule has 106 valence electrons. The second-order valence-corrected chi connectivity index (χ2v) is 4.14. The summed E-state index contributed by atoms with van der Waals surface area (Å²) in [6.45, 7) is -1.61. The van der Waals surface area contributed by atoms with E-state index in [0.29, 0.717) is 0 Å². The molecule has 0 aliphatic carbocycles. The number of hydrogen-bond donors (Lipinski definition) is 2. The van der Waals surface area contributed by atoms with Crippen LogP contribution in [0, 0.1) is 0 Å². The van der Waals surface area contributed by atoms with E-state index in [2.05, 4.69) is 10.1 Å². The Bertz CT molecular complexity index is 424. The van der Waals surface area contributed by atoms with Gasteiger partial charge in [-0.3, -0.25) is 4.79 Å². The molecule has 0 aliphatic rings. The highest BCUT2D eigenvalue weighted by Crippen LogP contribution is 2.13. The zero-order valence-corrected chi connectivity index (χ0v) is 10.7. The van der Waals surface area contributed by atoms with Gasteiger partial charge in [0.2, 0.25) is 0 Å². The van der Waals surface area contributed by atoms with Crippen LogP contribution in [0.3, 0.4) is 0 Å². The molecule has 0 unspecified atom stereocenters. The van der Waals surface area contributed by atoms with Gasteiger partial charge in [0.05, 0.1) is 20.1 Å². The summed E-state index contributed by atoms with van der Waals surface area (Å²) in [5, 5.41) is 11.0. The number of alkyl halides is 2. The first-order chi connectivity index (χ1) is 8.98. The number of hydrogen-bond acceptors (Lipinski definition) is 4. The topological polar surface area (TPSA) is 58.6 Å². The maximum Gasteiger partial charge on any atom is 0.309 e. The molecule has 1 aromatic carbocycles. The number of esters is 1. The van der Waals surface area contributed by atoms with Crippen LogP contribution in [-0.4, -0.2) is 37.3 Å². The largest absolute Gasteiger partial charge is 0.469 e. The number of benzene rings is 1. The summed E-state index contributed by atoms with van der Waals surface area (Å²) >= 11 is 0. The number of methoxy groups -OCH3 is 1. The Hall–Kier alpha value is -1.53. The molecule has 0 saturated heterocycles. The van der Waals surface area contributed by atoms with Crippen LogP contribution in [0.1, 0.15) is 11.1 Å². The molecule has 1 aromatic rings. The Morgan fingerprint density at radius 1 is 1.37 bits per heavy atom. The Morgan fingerprint density at radius 3 is 2.58 bits per heavy atom. The molecule has 0 radical (unpaired) electrons. The highest BCUT2D eigenvalue weighted by Gasteiger charge is 2.26. The van der Waals surface area contributed by atoms with Crippen LogP contribution in [0.15, 0.2) is 24.3 Å². The van der Waals surface area contributed by atoms with Crippen molar-refractivity contribution in [3.05, 3.63) is 35.4 Å². The number of ether oxygens (including phenoxy) is 1. The van der Waals surface area contributed by atoms with Gasteiger partial charge in [-0.2, -0.15) is 0 Å². The molecule has 2 N–H and O–H groups in total. The van der Waals surface area contributed by atoms with E-state index in [1.807, 2.05) is 0 Å². The monoisotopic (exact) mass is 273 g/mol. The third-order valence-electron chi connectivity index (χ3n) is 2.61. The molecule has 4 nitrogen and oxygen atoms in total. The Kier molecular flexibility index (Phi) is 5.85. The lowest BCUT2D eigenvalue weighted by Gasteiger charge is -2.15. The van der Waals surface area contributed by atoms with E-state index in [1.165, 1.54) is 7.11 Å². The van der Waals surface area contributed by atoms with Crippen molar-refractivity contribution in [3.8, 4) is 0 Å². The molecule has 6 heteroatoms. The summed E-state index contributed by atoms with van der Waals surface area (Å²) in [6.07, 6.45) is 0.102. The molecule has 1 rings (SSSR count). The fourth-order valence-corrected chi connectivity index (χ4v) is 1.57. The third-order valence-corrected chi connectivity index (χ3v) is 2.61. The van der Waals surface area contributed by atoms with Gasteiger partial charge in [0, 0.05) is 6.54 Å². The van der Waals surface area contributed by atoms with Crippen molar-refractivity contribution in [2.75, 3.05) is 20.3 Å². The number of rotatable bonds is 7. The molecule has 0 aromatic heterocycles.